The number of non-ortho nitro benzene ring substituents is 1. The molecule has 9 nitrogen and oxygen atoms in total. The molecule has 2 atom stereocenters. The Kier molecular flexibility index (Phi) is 8.33. The van der Waals surface area contributed by atoms with Gasteiger partial charge < -0.3 is 15.8 Å². The van der Waals surface area contributed by atoms with Crippen molar-refractivity contribution in [1.29, 1.82) is 0 Å². The molecule has 0 heterocycles. The maximum Gasteiger partial charge on any atom is 0.306 e. The third kappa shape index (κ3) is 6.56. The normalized spacial score (nSPS) is 12.5. The molecule has 170 valence electrons. The molecule has 2 aromatic rings. The average molecular weight is 449 g/mol. The number of benzene rings is 2. The van der Waals surface area contributed by atoms with Gasteiger partial charge in [0.05, 0.1) is 24.4 Å². The van der Waals surface area contributed by atoms with Crippen molar-refractivity contribution in [3.8, 4) is 0 Å². The SMILES string of the molecule is CCOC(=O)C[C@H](c1ccc([N+](=O)[O-])cc1)[C@@H](NC(=O)Cc1ccc(F)cc1F)C(N)=O. The first-order chi connectivity index (χ1) is 15.1. The van der Waals surface area contributed by atoms with Crippen LogP contribution in [0.15, 0.2) is 42.5 Å². The fraction of sp³-hybridized carbons (Fsp3) is 0.286. The molecule has 0 aliphatic heterocycles. The molecule has 0 unspecified atom stereocenters. The Morgan fingerprint density at radius 3 is 2.34 bits per heavy atom. The van der Waals surface area contributed by atoms with Gasteiger partial charge in [-0.05, 0) is 24.1 Å². The zero-order chi connectivity index (χ0) is 23.8. The summed E-state index contributed by atoms with van der Waals surface area (Å²) in [6.45, 7) is 1.66. The first-order valence-corrected chi connectivity index (χ1v) is 9.55. The van der Waals surface area contributed by atoms with E-state index in [-0.39, 0.29) is 24.3 Å². The van der Waals surface area contributed by atoms with Gasteiger partial charge >= 0.3 is 5.97 Å². The highest BCUT2D eigenvalue weighted by molar-refractivity contribution is 5.89. The number of carbonyl (C=O) groups is 3. The number of amides is 2. The zero-order valence-electron chi connectivity index (χ0n) is 17.0. The van der Waals surface area contributed by atoms with Crippen LogP contribution >= 0.6 is 0 Å². The molecule has 0 spiro atoms. The Morgan fingerprint density at radius 1 is 1.16 bits per heavy atom. The first kappa shape index (κ1) is 24.4. The average Bonchev–Trinajstić information content (AvgIpc) is 2.72. The summed E-state index contributed by atoms with van der Waals surface area (Å²) in [5.74, 6) is -5.21. The summed E-state index contributed by atoms with van der Waals surface area (Å²) >= 11 is 0. The van der Waals surface area contributed by atoms with Crippen LogP contribution in [0.2, 0.25) is 0 Å². The Balaban J connectivity index is 2.31. The van der Waals surface area contributed by atoms with Crippen LogP contribution in [0.3, 0.4) is 0 Å². The zero-order valence-corrected chi connectivity index (χ0v) is 17.0. The van der Waals surface area contributed by atoms with E-state index >= 15 is 0 Å². The van der Waals surface area contributed by atoms with Crippen molar-refractivity contribution in [2.24, 2.45) is 5.73 Å². The largest absolute Gasteiger partial charge is 0.466 e. The van der Waals surface area contributed by atoms with E-state index in [0.717, 1.165) is 12.1 Å². The Hall–Kier alpha value is -3.89. The van der Waals surface area contributed by atoms with Crippen molar-refractivity contribution in [2.75, 3.05) is 6.61 Å². The minimum Gasteiger partial charge on any atom is -0.466 e. The van der Waals surface area contributed by atoms with Crippen molar-refractivity contribution >= 4 is 23.5 Å². The molecular weight excluding hydrogens is 428 g/mol. The number of carbonyl (C=O) groups excluding carboxylic acids is 3. The lowest BCUT2D eigenvalue weighted by molar-refractivity contribution is -0.384. The number of rotatable bonds is 10. The highest BCUT2D eigenvalue weighted by Crippen LogP contribution is 2.27. The summed E-state index contributed by atoms with van der Waals surface area (Å²) in [6.07, 6.45) is -0.868. The van der Waals surface area contributed by atoms with Gasteiger partial charge in [-0.25, -0.2) is 8.78 Å². The summed E-state index contributed by atoms with van der Waals surface area (Å²) in [7, 11) is 0. The molecular formula is C21H21F2N3O6. The Labute approximate surface area is 181 Å². The maximum absolute atomic E-state index is 13.9. The number of primary amides is 1. The van der Waals surface area contributed by atoms with Gasteiger partial charge in [-0.1, -0.05) is 18.2 Å². The topological polar surface area (TPSA) is 142 Å². The van der Waals surface area contributed by atoms with Crippen molar-refractivity contribution in [1.82, 2.24) is 5.32 Å². The minimum absolute atomic E-state index is 0.0727. The van der Waals surface area contributed by atoms with Gasteiger partial charge in [0.1, 0.15) is 17.7 Å². The molecule has 0 radical (unpaired) electrons. The van der Waals surface area contributed by atoms with E-state index < -0.39 is 52.7 Å². The summed E-state index contributed by atoms with van der Waals surface area (Å²) in [6, 6.07) is 6.33. The molecule has 2 amide bonds. The van der Waals surface area contributed by atoms with Crippen LogP contribution in [0, 0.1) is 21.7 Å². The molecule has 32 heavy (non-hydrogen) atoms. The number of halogens is 2. The second kappa shape index (κ2) is 10.9. The molecule has 3 N–H and O–H groups in total. The number of nitrogens with zero attached hydrogens (tertiary/aromatic N) is 1. The fourth-order valence-corrected chi connectivity index (χ4v) is 3.10. The number of hydrogen-bond acceptors (Lipinski definition) is 6. The van der Waals surface area contributed by atoms with E-state index in [1.165, 1.54) is 24.3 Å². The van der Waals surface area contributed by atoms with Crippen LogP contribution < -0.4 is 11.1 Å². The van der Waals surface area contributed by atoms with Crippen LogP contribution in [0.5, 0.6) is 0 Å². The Bertz CT molecular complexity index is 1010. The molecule has 0 fully saturated rings. The molecule has 0 saturated carbocycles. The predicted molar refractivity (Wildman–Crippen MR) is 108 cm³/mol. The van der Waals surface area contributed by atoms with E-state index in [9.17, 15) is 33.3 Å². The molecule has 0 bridgehead atoms. The number of nitrogens with two attached hydrogens (primary N) is 1. The van der Waals surface area contributed by atoms with Gasteiger partial charge in [-0.15, -0.1) is 0 Å². The van der Waals surface area contributed by atoms with E-state index in [0.29, 0.717) is 11.6 Å². The highest BCUT2D eigenvalue weighted by Gasteiger charge is 2.32. The number of nitro groups is 1. The van der Waals surface area contributed by atoms with E-state index in [4.69, 9.17) is 10.5 Å². The summed E-state index contributed by atoms with van der Waals surface area (Å²) in [5.41, 5.74) is 5.46. The molecule has 0 aliphatic carbocycles. The lowest BCUT2D eigenvalue weighted by Crippen LogP contribution is -2.49. The third-order valence-electron chi connectivity index (χ3n) is 4.62. The van der Waals surface area contributed by atoms with Crippen LogP contribution in [-0.2, 0) is 25.5 Å². The van der Waals surface area contributed by atoms with Crippen LogP contribution in [0.1, 0.15) is 30.4 Å². The molecule has 2 rings (SSSR count). The molecule has 2 aromatic carbocycles. The summed E-state index contributed by atoms with van der Waals surface area (Å²) < 4.78 is 31.8. The van der Waals surface area contributed by atoms with Crippen molar-refractivity contribution in [3.63, 3.8) is 0 Å². The highest BCUT2D eigenvalue weighted by atomic mass is 19.1. The molecule has 0 saturated heterocycles. The van der Waals surface area contributed by atoms with Gasteiger partial charge in [0, 0.05) is 24.1 Å². The number of ether oxygens (including phenoxy) is 1. The first-order valence-electron chi connectivity index (χ1n) is 9.55. The van der Waals surface area contributed by atoms with Crippen molar-refractivity contribution in [3.05, 3.63) is 75.3 Å². The van der Waals surface area contributed by atoms with Gasteiger partial charge in [0.15, 0.2) is 0 Å². The predicted octanol–water partition coefficient (Wildman–Crippen LogP) is 2.12. The number of nitro benzene ring substituents is 1. The molecule has 0 aromatic heterocycles. The van der Waals surface area contributed by atoms with Crippen LogP contribution in [0.4, 0.5) is 14.5 Å². The van der Waals surface area contributed by atoms with Gasteiger partial charge in [0.25, 0.3) is 5.69 Å². The third-order valence-corrected chi connectivity index (χ3v) is 4.62. The van der Waals surface area contributed by atoms with Gasteiger partial charge in [0.2, 0.25) is 11.8 Å². The lowest BCUT2D eigenvalue weighted by atomic mass is 9.87. The monoisotopic (exact) mass is 449 g/mol. The van der Waals surface area contributed by atoms with E-state index in [2.05, 4.69) is 5.32 Å². The number of esters is 1. The summed E-state index contributed by atoms with van der Waals surface area (Å²) in [4.78, 5) is 47.0. The quantitative estimate of drug-likeness (QED) is 0.323. The van der Waals surface area contributed by atoms with Crippen molar-refractivity contribution < 1.29 is 32.8 Å². The second-order valence-electron chi connectivity index (χ2n) is 6.82. The molecule has 11 heteroatoms. The Morgan fingerprint density at radius 2 is 1.81 bits per heavy atom. The van der Waals surface area contributed by atoms with Crippen LogP contribution in [0.25, 0.3) is 0 Å². The standard InChI is InChI=1S/C21H21F2N3O6/c1-2-32-19(28)11-16(12-4-7-15(8-5-12)26(30)31)20(21(24)29)25-18(27)9-13-3-6-14(22)10-17(13)23/h3-8,10,16,20H,2,9,11H2,1H3,(H2,24,29)(H,25,27)/t16-,20-/m1/s1. The number of hydrogen-bond donors (Lipinski definition) is 2. The van der Waals surface area contributed by atoms with Crippen LogP contribution in [-0.4, -0.2) is 35.4 Å². The maximum atomic E-state index is 13.9. The van der Waals surface area contributed by atoms with E-state index in [1.54, 1.807) is 6.92 Å². The smallest absolute Gasteiger partial charge is 0.306 e. The summed E-state index contributed by atoms with van der Waals surface area (Å²) in [5, 5.41) is 13.3. The second-order valence-corrected chi connectivity index (χ2v) is 6.82. The van der Waals surface area contributed by atoms with Crippen molar-refractivity contribution in [2.45, 2.75) is 31.7 Å². The van der Waals surface area contributed by atoms with E-state index in [1.807, 2.05) is 0 Å². The molecule has 0 aliphatic rings. The fourth-order valence-electron chi connectivity index (χ4n) is 3.10. The minimum atomic E-state index is -1.41. The number of nitrogens with one attached hydrogen (secondary N) is 1. The van der Waals surface area contributed by atoms with Gasteiger partial charge in [-0.2, -0.15) is 0 Å². The van der Waals surface area contributed by atoms with Gasteiger partial charge in [-0.3, -0.25) is 24.5 Å². The lowest BCUT2D eigenvalue weighted by Gasteiger charge is -2.25.